The van der Waals surface area contributed by atoms with Crippen LogP contribution in [0.1, 0.15) is 48.3 Å². The molecular weight excluding hydrogens is 478 g/mol. The highest BCUT2D eigenvalue weighted by molar-refractivity contribution is 9.10. The monoisotopic (exact) mass is 499 g/mol. The Hall–Kier alpha value is -1.96. The van der Waals surface area contributed by atoms with Crippen molar-refractivity contribution in [2.45, 2.75) is 43.9 Å². The quantitative estimate of drug-likeness (QED) is 0.410. The molecule has 0 bridgehead atoms. The van der Waals surface area contributed by atoms with Gasteiger partial charge < -0.3 is 15.0 Å². The Morgan fingerprint density at radius 3 is 2.60 bits per heavy atom. The van der Waals surface area contributed by atoms with Crippen LogP contribution < -0.4 is 15.0 Å². The lowest BCUT2D eigenvalue weighted by molar-refractivity contribution is 0.210. The Balaban J connectivity index is 1.46. The zero-order chi connectivity index (χ0) is 20.5. The van der Waals surface area contributed by atoms with Crippen molar-refractivity contribution in [1.82, 2.24) is 10.3 Å². The lowest BCUT2D eigenvalue weighted by atomic mass is 10.0. The van der Waals surface area contributed by atoms with Crippen LogP contribution in [0.3, 0.4) is 0 Å². The predicted molar refractivity (Wildman–Crippen MR) is 129 cm³/mol. The molecule has 2 fully saturated rings. The fraction of sp³-hybridized carbons (Fsp3) is 0.304. The van der Waals surface area contributed by atoms with E-state index in [0.717, 1.165) is 34.4 Å². The van der Waals surface area contributed by atoms with Crippen molar-refractivity contribution < 1.29 is 4.74 Å². The SMILES string of the molecule is S=C1N[C@@H](c2ccccn2)[C@H](c2cc(Br)cs2)N1c1ccc(OC2CCCC2)cc1. The van der Waals surface area contributed by atoms with Crippen LogP contribution >= 0.6 is 39.5 Å². The van der Waals surface area contributed by atoms with Crippen LogP contribution in [-0.2, 0) is 0 Å². The van der Waals surface area contributed by atoms with Crippen LogP contribution in [0.15, 0.2) is 64.6 Å². The van der Waals surface area contributed by atoms with Crippen LogP contribution in [0.2, 0.25) is 0 Å². The number of nitrogens with zero attached hydrogens (tertiary/aromatic N) is 2. The lowest BCUT2D eigenvalue weighted by Gasteiger charge is -2.27. The summed E-state index contributed by atoms with van der Waals surface area (Å²) in [5, 5.41) is 6.33. The van der Waals surface area contributed by atoms with Gasteiger partial charge in [0.05, 0.1) is 23.9 Å². The molecule has 1 aromatic carbocycles. The number of thiophene rings is 1. The Bertz CT molecular complexity index is 1020. The van der Waals surface area contributed by atoms with Crippen LogP contribution in [0.5, 0.6) is 5.75 Å². The number of benzene rings is 1. The van der Waals surface area contributed by atoms with Gasteiger partial charge in [-0.05, 0) is 96.3 Å². The molecule has 154 valence electrons. The summed E-state index contributed by atoms with van der Waals surface area (Å²) in [5.74, 6) is 0.931. The average molecular weight is 500 g/mol. The van der Waals surface area contributed by atoms with Crippen molar-refractivity contribution in [3.05, 3.63) is 75.2 Å². The number of anilines is 1. The second-order valence-electron chi connectivity index (χ2n) is 7.68. The van der Waals surface area contributed by atoms with Gasteiger partial charge in [-0.1, -0.05) is 6.07 Å². The summed E-state index contributed by atoms with van der Waals surface area (Å²) in [5.41, 5.74) is 2.04. The van der Waals surface area contributed by atoms with Gasteiger partial charge in [0, 0.05) is 26.6 Å². The van der Waals surface area contributed by atoms with Gasteiger partial charge in [0.15, 0.2) is 5.11 Å². The molecule has 4 nitrogen and oxygen atoms in total. The smallest absolute Gasteiger partial charge is 0.174 e. The fourth-order valence-electron chi connectivity index (χ4n) is 4.29. The number of halogens is 1. The van der Waals surface area contributed by atoms with Gasteiger partial charge in [-0.2, -0.15) is 0 Å². The highest BCUT2D eigenvalue weighted by atomic mass is 79.9. The van der Waals surface area contributed by atoms with Gasteiger partial charge in [-0.15, -0.1) is 11.3 Å². The number of nitrogens with one attached hydrogen (secondary N) is 1. The van der Waals surface area contributed by atoms with E-state index in [1.807, 2.05) is 18.3 Å². The average Bonchev–Trinajstić information content (AvgIpc) is 3.50. The molecule has 1 saturated heterocycles. The van der Waals surface area contributed by atoms with Gasteiger partial charge in [0.1, 0.15) is 5.75 Å². The summed E-state index contributed by atoms with van der Waals surface area (Å²) in [7, 11) is 0. The Morgan fingerprint density at radius 1 is 1.13 bits per heavy atom. The van der Waals surface area contributed by atoms with Crippen molar-refractivity contribution >= 4 is 50.3 Å². The molecule has 5 rings (SSSR count). The number of hydrogen-bond acceptors (Lipinski definition) is 4. The van der Waals surface area contributed by atoms with Gasteiger partial charge in [0.2, 0.25) is 0 Å². The predicted octanol–water partition coefficient (Wildman–Crippen LogP) is 6.40. The molecule has 1 aliphatic carbocycles. The second-order valence-corrected chi connectivity index (χ2v) is 9.93. The summed E-state index contributed by atoms with van der Waals surface area (Å²) >= 11 is 11.1. The van der Waals surface area contributed by atoms with Crippen LogP contribution in [0, 0.1) is 0 Å². The molecule has 1 aliphatic heterocycles. The summed E-state index contributed by atoms with van der Waals surface area (Å²) < 4.78 is 7.23. The number of pyridine rings is 1. The molecule has 0 spiro atoms. The van der Waals surface area contributed by atoms with Crippen molar-refractivity contribution in [3.63, 3.8) is 0 Å². The first kappa shape index (κ1) is 20.0. The summed E-state index contributed by atoms with van der Waals surface area (Å²) in [4.78, 5) is 8.03. The Kier molecular flexibility index (Phi) is 5.76. The van der Waals surface area contributed by atoms with Crippen LogP contribution in [-0.4, -0.2) is 16.2 Å². The molecule has 3 heterocycles. The van der Waals surface area contributed by atoms with E-state index in [-0.39, 0.29) is 12.1 Å². The standard InChI is InChI=1S/C23H22BrN3OS2/c24-15-13-20(30-14-15)22-21(19-7-3-4-12-25-19)26-23(29)27(22)16-8-10-18(11-9-16)28-17-5-1-2-6-17/h3-4,7-14,17,21-22H,1-2,5-6H2,(H,26,29)/t21-,22-/m0/s1. The van der Waals surface area contributed by atoms with E-state index in [2.05, 4.69) is 72.9 Å². The molecule has 0 unspecified atom stereocenters. The molecule has 0 radical (unpaired) electrons. The summed E-state index contributed by atoms with van der Waals surface area (Å²) in [6.07, 6.45) is 7.04. The van der Waals surface area contributed by atoms with E-state index in [1.165, 1.54) is 17.7 Å². The maximum absolute atomic E-state index is 6.14. The zero-order valence-corrected chi connectivity index (χ0v) is 19.6. The van der Waals surface area contributed by atoms with E-state index in [9.17, 15) is 0 Å². The molecule has 3 aromatic rings. The first-order valence-electron chi connectivity index (χ1n) is 10.2. The minimum atomic E-state index is -0.0151. The normalized spacial score (nSPS) is 21.8. The third-order valence-corrected chi connectivity index (χ3v) is 7.78. The van der Waals surface area contributed by atoms with Crippen molar-refractivity contribution in [3.8, 4) is 5.75 Å². The fourth-order valence-corrected chi connectivity index (χ4v) is 6.21. The number of rotatable bonds is 5. The van der Waals surface area contributed by atoms with Crippen LogP contribution in [0.25, 0.3) is 0 Å². The Labute approximate surface area is 194 Å². The molecule has 1 saturated carbocycles. The number of aromatic nitrogens is 1. The molecule has 30 heavy (non-hydrogen) atoms. The highest BCUT2D eigenvalue weighted by Crippen LogP contribution is 2.44. The maximum atomic E-state index is 6.14. The van der Waals surface area contributed by atoms with E-state index >= 15 is 0 Å². The number of hydrogen-bond donors (Lipinski definition) is 1. The van der Waals surface area contributed by atoms with E-state index in [4.69, 9.17) is 17.0 Å². The highest BCUT2D eigenvalue weighted by Gasteiger charge is 2.41. The zero-order valence-electron chi connectivity index (χ0n) is 16.3. The van der Waals surface area contributed by atoms with Crippen LogP contribution in [0.4, 0.5) is 5.69 Å². The Morgan fingerprint density at radius 2 is 1.93 bits per heavy atom. The van der Waals surface area contributed by atoms with Gasteiger partial charge in [-0.25, -0.2) is 0 Å². The van der Waals surface area contributed by atoms with Gasteiger partial charge in [-0.3, -0.25) is 4.98 Å². The third-order valence-electron chi connectivity index (χ3n) is 5.70. The number of ether oxygens (including phenoxy) is 1. The van der Waals surface area contributed by atoms with Crippen molar-refractivity contribution in [1.29, 1.82) is 0 Å². The van der Waals surface area contributed by atoms with Gasteiger partial charge in [0.25, 0.3) is 0 Å². The maximum Gasteiger partial charge on any atom is 0.174 e. The minimum absolute atomic E-state index is 0.0151. The summed E-state index contributed by atoms with van der Waals surface area (Å²) in [6, 6.07) is 16.5. The molecule has 7 heteroatoms. The largest absolute Gasteiger partial charge is 0.490 e. The van der Waals surface area contributed by atoms with E-state index in [0.29, 0.717) is 11.2 Å². The molecule has 2 aliphatic rings. The molecular formula is C23H22BrN3OS2. The van der Waals surface area contributed by atoms with E-state index < -0.39 is 0 Å². The minimum Gasteiger partial charge on any atom is -0.490 e. The van der Waals surface area contributed by atoms with Gasteiger partial charge >= 0.3 is 0 Å². The topological polar surface area (TPSA) is 37.4 Å². The third kappa shape index (κ3) is 3.98. The second kappa shape index (κ2) is 8.65. The number of thiocarbonyl (C=S) groups is 1. The van der Waals surface area contributed by atoms with Crippen molar-refractivity contribution in [2.75, 3.05) is 4.90 Å². The first-order valence-corrected chi connectivity index (χ1v) is 12.3. The first-order chi connectivity index (χ1) is 14.7. The molecule has 0 amide bonds. The summed E-state index contributed by atoms with van der Waals surface area (Å²) in [6.45, 7) is 0. The lowest BCUT2D eigenvalue weighted by Crippen LogP contribution is -2.29. The van der Waals surface area contributed by atoms with E-state index in [1.54, 1.807) is 11.3 Å². The molecule has 2 atom stereocenters. The molecule has 2 aromatic heterocycles. The molecule has 1 N–H and O–H groups in total. The van der Waals surface area contributed by atoms with Crippen molar-refractivity contribution in [2.24, 2.45) is 0 Å².